The van der Waals surface area contributed by atoms with Gasteiger partial charge in [0, 0.05) is 13.5 Å². The summed E-state index contributed by atoms with van der Waals surface area (Å²) in [7, 11) is 1.66. The average molecular weight is 201 g/mol. The summed E-state index contributed by atoms with van der Waals surface area (Å²) >= 11 is 0. The molecule has 15 heavy (non-hydrogen) atoms. The normalized spacial score (nSPS) is 10.4. The van der Waals surface area contributed by atoms with Crippen LogP contribution < -0.4 is 0 Å². The number of H-pyrrole nitrogens is 1. The Balaban J connectivity index is 2.34. The van der Waals surface area contributed by atoms with Gasteiger partial charge in [-0.2, -0.15) is 5.26 Å². The van der Waals surface area contributed by atoms with Crippen LogP contribution >= 0.6 is 0 Å². The minimum Gasteiger partial charge on any atom is -0.384 e. The molecule has 0 radical (unpaired) electrons. The van der Waals surface area contributed by atoms with Gasteiger partial charge in [-0.3, -0.25) is 0 Å². The quantitative estimate of drug-likeness (QED) is 0.820. The van der Waals surface area contributed by atoms with Gasteiger partial charge in [-0.25, -0.2) is 4.98 Å². The summed E-state index contributed by atoms with van der Waals surface area (Å²) in [6, 6.07) is 7.52. The summed E-state index contributed by atoms with van der Waals surface area (Å²) in [5, 5.41) is 8.74. The Morgan fingerprint density at radius 1 is 1.53 bits per heavy atom. The van der Waals surface area contributed by atoms with Crippen molar-refractivity contribution in [2.75, 3.05) is 13.7 Å². The predicted molar refractivity (Wildman–Crippen MR) is 56.4 cm³/mol. The molecule has 0 aliphatic rings. The number of hydrogen-bond donors (Lipinski definition) is 1. The van der Waals surface area contributed by atoms with Gasteiger partial charge in [-0.05, 0) is 18.2 Å². The number of methoxy groups -OCH3 is 1. The summed E-state index contributed by atoms with van der Waals surface area (Å²) in [5.41, 5.74) is 2.43. The average Bonchev–Trinajstić information content (AvgIpc) is 2.67. The van der Waals surface area contributed by atoms with Crippen molar-refractivity contribution in [2.45, 2.75) is 6.42 Å². The molecule has 2 rings (SSSR count). The Morgan fingerprint density at radius 3 is 3.13 bits per heavy atom. The van der Waals surface area contributed by atoms with E-state index in [-0.39, 0.29) is 0 Å². The van der Waals surface area contributed by atoms with Gasteiger partial charge < -0.3 is 9.72 Å². The molecule has 1 aromatic heterocycles. The van der Waals surface area contributed by atoms with Crippen LogP contribution in [0.4, 0.5) is 0 Å². The predicted octanol–water partition coefficient (Wildman–Crippen LogP) is 1.62. The van der Waals surface area contributed by atoms with Gasteiger partial charge in [0.1, 0.15) is 5.82 Å². The fraction of sp³-hybridized carbons (Fsp3) is 0.273. The summed E-state index contributed by atoms with van der Waals surface area (Å²) in [5.74, 6) is 0.891. The van der Waals surface area contributed by atoms with E-state index in [0.717, 1.165) is 23.3 Å². The molecule has 0 saturated heterocycles. The minimum atomic E-state index is 0.643. The molecular formula is C11H11N3O. The number of aromatic amines is 1. The van der Waals surface area contributed by atoms with Crippen LogP contribution in [-0.2, 0) is 11.2 Å². The van der Waals surface area contributed by atoms with E-state index < -0.39 is 0 Å². The van der Waals surface area contributed by atoms with Crippen molar-refractivity contribution < 1.29 is 4.74 Å². The molecule has 1 N–H and O–H groups in total. The SMILES string of the molecule is COCCc1nc2ccc(C#N)cc2[nH]1. The van der Waals surface area contributed by atoms with Gasteiger partial charge in [0.05, 0.1) is 29.3 Å². The third kappa shape index (κ3) is 1.97. The lowest BCUT2D eigenvalue weighted by Crippen LogP contribution is -1.95. The number of rotatable bonds is 3. The molecule has 0 aliphatic heterocycles. The van der Waals surface area contributed by atoms with E-state index in [9.17, 15) is 0 Å². The molecule has 1 heterocycles. The molecule has 1 aromatic carbocycles. The number of fused-ring (bicyclic) bond motifs is 1. The Hall–Kier alpha value is -1.86. The monoisotopic (exact) mass is 201 g/mol. The second kappa shape index (κ2) is 4.11. The first-order valence-corrected chi connectivity index (χ1v) is 4.71. The largest absolute Gasteiger partial charge is 0.384 e. The number of benzene rings is 1. The summed E-state index contributed by atoms with van der Waals surface area (Å²) in [4.78, 5) is 7.54. The van der Waals surface area contributed by atoms with Crippen molar-refractivity contribution in [1.82, 2.24) is 9.97 Å². The molecule has 4 heteroatoms. The maximum absolute atomic E-state index is 8.74. The van der Waals surface area contributed by atoms with E-state index in [1.54, 1.807) is 19.2 Å². The zero-order chi connectivity index (χ0) is 10.7. The van der Waals surface area contributed by atoms with Gasteiger partial charge in [-0.1, -0.05) is 0 Å². The van der Waals surface area contributed by atoms with Crippen LogP contribution in [0, 0.1) is 11.3 Å². The van der Waals surface area contributed by atoms with Crippen molar-refractivity contribution in [3.8, 4) is 6.07 Å². The molecule has 0 saturated carbocycles. The molecule has 0 fully saturated rings. The van der Waals surface area contributed by atoms with E-state index in [1.165, 1.54) is 0 Å². The highest BCUT2D eigenvalue weighted by Crippen LogP contribution is 2.13. The van der Waals surface area contributed by atoms with E-state index in [1.807, 2.05) is 6.07 Å². The van der Waals surface area contributed by atoms with Crippen molar-refractivity contribution in [2.24, 2.45) is 0 Å². The van der Waals surface area contributed by atoms with Gasteiger partial charge in [0.2, 0.25) is 0 Å². The highest BCUT2D eigenvalue weighted by molar-refractivity contribution is 5.76. The number of nitrogens with one attached hydrogen (secondary N) is 1. The molecule has 0 atom stereocenters. The molecule has 0 aliphatic carbocycles. The molecule has 4 nitrogen and oxygen atoms in total. The van der Waals surface area contributed by atoms with E-state index in [2.05, 4.69) is 16.0 Å². The smallest absolute Gasteiger partial charge is 0.109 e. The van der Waals surface area contributed by atoms with Gasteiger partial charge in [0.15, 0.2) is 0 Å². The highest BCUT2D eigenvalue weighted by Gasteiger charge is 2.02. The zero-order valence-corrected chi connectivity index (χ0v) is 8.45. The third-order valence-corrected chi connectivity index (χ3v) is 2.20. The van der Waals surface area contributed by atoms with Crippen LogP contribution in [0.2, 0.25) is 0 Å². The second-order valence-corrected chi connectivity index (χ2v) is 3.27. The van der Waals surface area contributed by atoms with Crippen molar-refractivity contribution >= 4 is 11.0 Å². The molecule has 76 valence electrons. The van der Waals surface area contributed by atoms with Crippen LogP contribution in [0.25, 0.3) is 11.0 Å². The van der Waals surface area contributed by atoms with Gasteiger partial charge in [0.25, 0.3) is 0 Å². The number of nitrogens with zero attached hydrogens (tertiary/aromatic N) is 2. The molecule has 0 amide bonds. The first-order valence-electron chi connectivity index (χ1n) is 4.71. The first kappa shape index (κ1) is 9.69. The fourth-order valence-corrected chi connectivity index (χ4v) is 1.45. The van der Waals surface area contributed by atoms with Gasteiger partial charge in [-0.15, -0.1) is 0 Å². The number of imidazole rings is 1. The number of aromatic nitrogens is 2. The Bertz CT molecular complexity index is 510. The van der Waals surface area contributed by atoms with Crippen molar-refractivity contribution in [3.05, 3.63) is 29.6 Å². The lowest BCUT2D eigenvalue weighted by atomic mass is 10.2. The molecular weight excluding hydrogens is 190 g/mol. The molecule has 0 spiro atoms. The first-order chi connectivity index (χ1) is 7.33. The summed E-state index contributed by atoms with van der Waals surface area (Å²) in [6.45, 7) is 0.644. The van der Waals surface area contributed by atoms with Crippen LogP contribution in [0.15, 0.2) is 18.2 Å². The highest BCUT2D eigenvalue weighted by atomic mass is 16.5. The number of nitriles is 1. The van der Waals surface area contributed by atoms with Crippen molar-refractivity contribution in [3.63, 3.8) is 0 Å². The topological polar surface area (TPSA) is 61.7 Å². The summed E-state index contributed by atoms with van der Waals surface area (Å²) in [6.07, 6.45) is 0.757. The standard InChI is InChI=1S/C11H11N3O/c1-15-5-4-11-13-9-3-2-8(7-12)6-10(9)14-11/h2-3,6H,4-5H2,1H3,(H,13,14). The van der Waals surface area contributed by atoms with E-state index in [4.69, 9.17) is 10.00 Å². The Labute approximate surface area is 87.5 Å². The maximum Gasteiger partial charge on any atom is 0.109 e. The van der Waals surface area contributed by atoms with Crippen LogP contribution in [-0.4, -0.2) is 23.7 Å². The molecule has 0 unspecified atom stereocenters. The van der Waals surface area contributed by atoms with Crippen LogP contribution in [0.5, 0.6) is 0 Å². The van der Waals surface area contributed by atoms with Gasteiger partial charge >= 0.3 is 0 Å². The van der Waals surface area contributed by atoms with E-state index in [0.29, 0.717) is 12.2 Å². The Morgan fingerprint density at radius 2 is 2.40 bits per heavy atom. The lowest BCUT2D eigenvalue weighted by Gasteiger charge is -1.92. The molecule has 0 bridgehead atoms. The van der Waals surface area contributed by atoms with E-state index >= 15 is 0 Å². The fourth-order valence-electron chi connectivity index (χ4n) is 1.45. The minimum absolute atomic E-state index is 0.643. The maximum atomic E-state index is 8.74. The second-order valence-electron chi connectivity index (χ2n) is 3.27. The molecule has 2 aromatic rings. The number of ether oxygens (including phenoxy) is 1. The summed E-state index contributed by atoms with van der Waals surface area (Å²) < 4.78 is 4.97. The Kier molecular flexibility index (Phi) is 2.66. The third-order valence-electron chi connectivity index (χ3n) is 2.20. The zero-order valence-electron chi connectivity index (χ0n) is 8.45. The van der Waals surface area contributed by atoms with Crippen molar-refractivity contribution in [1.29, 1.82) is 5.26 Å². The number of hydrogen-bond acceptors (Lipinski definition) is 3. The van der Waals surface area contributed by atoms with Crippen LogP contribution in [0.3, 0.4) is 0 Å². The lowest BCUT2D eigenvalue weighted by molar-refractivity contribution is 0.201. The van der Waals surface area contributed by atoms with Crippen LogP contribution in [0.1, 0.15) is 11.4 Å².